The fraction of sp³-hybridized carbons (Fsp3) is 0.0833. The Morgan fingerprint density at radius 2 is 2.14 bits per heavy atom. The van der Waals surface area contributed by atoms with E-state index in [9.17, 15) is 18.0 Å². The number of hydrogen-bond acceptors (Lipinski definition) is 3. The fourth-order valence-electron chi connectivity index (χ4n) is 1.78. The summed E-state index contributed by atoms with van der Waals surface area (Å²) < 4.78 is 38.9. The molecule has 9 heteroatoms. The molecule has 0 fully saturated rings. The molecule has 3 aromatic rings. The zero-order valence-corrected chi connectivity index (χ0v) is 10.3. The lowest BCUT2D eigenvalue weighted by molar-refractivity contribution is -0.141. The van der Waals surface area contributed by atoms with Crippen LogP contribution in [0.2, 0.25) is 0 Å². The van der Waals surface area contributed by atoms with Crippen LogP contribution in [-0.2, 0) is 6.18 Å². The third kappa shape index (κ3) is 2.57. The van der Waals surface area contributed by atoms with Crippen molar-refractivity contribution in [3.8, 4) is 0 Å². The number of aromatic amines is 1. The number of alkyl halides is 3. The highest BCUT2D eigenvalue weighted by atomic mass is 19.4. The molecule has 0 saturated heterocycles. The largest absolute Gasteiger partial charge is 0.432 e. The number of fused-ring (bicyclic) bond motifs is 1. The molecular formula is C12H8F3N5O. The number of amides is 1. The average molecular weight is 295 g/mol. The zero-order chi connectivity index (χ0) is 15.0. The van der Waals surface area contributed by atoms with E-state index in [0.717, 1.165) is 6.07 Å². The number of carbonyl (C=O) groups is 1. The highest BCUT2D eigenvalue weighted by Gasteiger charge is 2.33. The van der Waals surface area contributed by atoms with E-state index in [4.69, 9.17) is 0 Å². The van der Waals surface area contributed by atoms with Crippen molar-refractivity contribution >= 4 is 17.2 Å². The molecule has 0 aromatic carbocycles. The van der Waals surface area contributed by atoms with Crippen LogP contribution in [0.5, 0.6) is 0 Å². The summed E-state index contributed by atoms with van der Waals surface area (Å²) in [6.45, 7) is 0. The molecule has 1 amide bonds. The summed E-state index contributed by atoms with van der Waals surface area (Å²) in [7, 11) is 0. The quantitative estimate of drug-likeness (QED) is 0.762. The first-order valence-corrected chi connectivity index (χ1v) is 5.79. The number of H-pyrrole nitrogens is 1. The number of pyridine rings is 1. The topological polar surface area (TPSA) is 75.1 Å². The minimum absolute atomic E-state index is 0.194. The summed E-state index contributed by atoms with van der Waals surface area (Å²) >= 11 is 0. The molecule has 0 spiro atoms. The Bertz CT molecular complexity index is 804. The molecule has 0 saturated carbocycles. The molecule has 2 N–H and O–H groups in total. The van der Waals surface area contributed by atoms with Gasteiger partial charge in [0.1, 0.15) is 5.69 Å². The van der Waals surface area contributed by atoms with E-state index in [0.29, 0.717) is 11.1 Å². The summed E-state index contributed by atoms with van der Waals surface area (Å²) in [5.41, 5.74) is -0.0377. The van der Waals surface area contributed by atoms with Crippen LogP contribution in [0.1, 0.15) is 16.1 Å². The number of hydrogen-bond donors (Lipinski definition) is 2. The van der Waals surface area contributed by atoms with Gasteiger partial charge < -0.3 is 9.72 Å². The van der Waals surface area contributed by atoms with Crippen molar-refractivity contribution in [2.24, 2.45) is 0 Å². The maximum absolute atomic E-state index is 12.4. The van der Waals surface area contributed by atoms with Gasteiger partial charge in [-0.2, -0.15) is 18.3 Å². The second kappa shape index (κ2) is 4.62. The predicted molar refractivity (Wildman–Crippen MR) is 66.7 cm³/mol. The van der Waals surface area contributed by atoms with Crippen molar-refractivity contribution in [2.45, 2.75) is 6.18 Å². The Hall–Kier alpha value is -2.84. The summed E-state index contributed by atoms with van der Waals surface area (Å²) in [5.74, 6) is -0.750. The van der Waals surface area contributed by atoms with Gasteiger partial charge in [-0.05, 0) is 12.1 Å². The Labute approximate surface area is 115 Å². The standard InChI is InChI=1S/C12H8F3N5O/c13-12(14,15)9-4-10(19-18-9)17-11(21)7-1-2-20-6-16-5-8(20)3-7/h1-6H,(H2,17,18,19,21). The van der Waals surface area contributed by atoms with E-state index < -0.39 is 17.8 Å². The smallest absolute Gasteiger partial charge is 0.306 e. The van der Waals surface area contributed by atoms with Crippen LogP contribution >= 0.6 is 0 Å². The van der Waals surface area contributed by atoms with Gasteiger partial charge in [-0.3, -0.25) is 9.89 Å². The third-order valence-electron chi connectivity index (χ3n) is 2.80. The number of aromatic nitrogens is 4. The number of anilines is 1. The van der Waals surface area contributed by atoms with Crippen molar-refractivity contribution in [3.63, 3.8) is 0 Å². The van der Waals surface area contributed by atoms with E-state index >= 15 is 0 Å². The molecule has 0 radical (unpaired) electrons. The van der Waals surface area contributed by atoms with Gasteiger partial charge in [0.2, 0.25) is 0 Å². The monoisotopic (exact) mass is 295 g/mol. The lowest BCUT2D eigenvalue weighted by atomic mass is 10.2. The van der Waals surface area contributed by atoms with Gasteiger partial charge in [0, 0.05) is 17.8 Å². The maximum atomic E-state index is 12.4. The molecule has 3 aromatic heterocycles. The van der Waals surface area contributed by atoms with Gasteiger partial charge >= 0.3 is 6.18 Å². The van der Waals surface area contributed by atoms with E-state index in [-0.39, 0.29) is 5.82 Å². The molecule has 6 nitrogen and oxygen atoms in total. The molecule has 3 heterocycles. The van der Waals surface area contributed by atoms with Gasteiger partial charge in [-0.15, -0.1) is 0 Å². The Morgan fingerprint density at radius 3 is 2.86 bits per heavy atom. The lowest BCUT2D eigenvalue weighted by Crippen LogP contribution is -2.12. The molecule has 0 aliphatic heterocycles. The van der Waals surface area contributed by atoms with Gasteiger partial charge in [0.05, 0.1) is 18.0 Å². The first-order chi connectivity index (χ1) is 9.93. The minimum Gasteiger partial charge on any atom is -0.306 e. The van der Waals surface area contributed by atoms with Crippen LogP contribution in [0.3, 0.4) is 0 Å². The molecular weight excluding hydrogens is 287 g/mol. The van der Waals surface area contributed by atoms with Crippen molar-refractivity contribution in [1.29, 1.82) is 0 Å². The highest BCUT2D eigenvalue weighted by Crippen LogP contribution is 2.28. The lowest BCUT2D eigenvalue weighted by Gasteiger charge is -2.02. The van der Waals surface area contributed by atoms with Crippen LogP contribution < -0.4 is 5.32 Å². The van der Waals surface area contributed by atoms with Crippen LogP contribution in [-0.4, -0.2) is 25.5 Å². The highest BCUT2D eigenvalue weighted by molar-refractivity contribution is 6.04. The van der Waals surface area contributed by atoms with Crippen molar-refractivity contribution in [3.05, 3.63) is 48.2 Å². The van der Waals surface area contributed by atoms with E-state index in [1.807, 2.05) is 5.10 Å². The van der Waals surface area contributed by atoms with E-state index in [2.05, 4.69) is 15.4 Å². The normalized spacial score (nSPS) is 11.8. The molecule has 0 aliphatic carbocycles. The predicted octanol–water partition coefficient (Wildman–Crippen LogP) is 2.33. The van der Waals surface area contributed by atoms with Crippen molar-refractivity contribution in [2.75, 3.05) is 5.32 Å². The van der Waals surface area contributed by atoms with Crippen molar-refractivity contribution < 1.29 is 18.0 Å². The number of carbonyl (C=O) groups excluding carboxylic acids is 1. The Morgan fingerprint density at radius 1 is 1.33 bits per heavy atom. The van der Waals surface area contributed by atoms with Crippen LogP contribution in [0.4, 0.5) is 19.0 Å². The second-order valence-electron chi connectivity index (χ2n) is 4.26. The van der Waals surface area contributed by atoms with Gasteiger partial charge in [0.25, 0.3) is 5.91 Å². The first-order valence-electron chi connectivity index (χ1n) is 5.79. The molecule has 0 bridgehead atoms. The van der Waals surface area contributed by atoms with Crippen LogP contribution in [0.15, 0.2) is 36.9 Å². The van der Waals surface area contributed by atoms with Gasteiger partial charge in [-0.1, -0.05) is 0 Å². The van der Waals surface area contributed by atoms with Crippen LogP contribution in [0, 0.1) is 0 Å². The summed E-state index contributed by atoms with van der Waals surface area (Å²) in [6, 6.07) is 3.83. The maximum Gasteiger partial charge on any atom is 0.432 e. The Balaban J connectivity index is 1.81. The molecule has 0 aliphatic rings. The summed E-state index contributed by atoms with van der Waals surface area (Å²) in [5, 5.41) is 7.53. The molecule has 108 valence electrons. The molecule has 21 heavy (non-hydrogen) atoms. The number of imidazole rings is 1. The van der Waals surface area contributed by atoms with E-state index in [1.54, 1.807) is 29.2 Å². The fourth-order valence-corrected chi connectivity index (χ4v) is 1.78. The van der Waals surface area contributed by atoms with Gasteiger partial charge in [0.15, 0.2) is 5.82 Å². The molecule has 3 rings (SSSR count). The summed E-state index contributed by atoms with van der Waals surface area (Å²) in [4.78, 5) is 15.9. The summed E-state index contributed by atoms with van der Waals surface area (Å²) in [6.07, 6.45) is 0.225. The molecule has 0 atom stereocenters. The van der Waals surface area contributed by atoms with E-state index in [1.165, 1.54) is 6.07 Å². The molecule has 0 unspecified atom stereocenters. The van der Waals surface area contributed by atoms with Crippen LogP contribution in [0.25, 0.3) is 5.52 Å². The number of nitrogens with one attached hydrogen (secondary N) is 2. The zero-order valence-electron chi connectivity index (χ0n) is 10.3. The van der Waals surface area contributed by atoms with Gasteiger partial charge in [-0.25, -0.2) is 4.98 Å². The minimum atomic E-state index is -4.54. The first kappa shape index (κ1) is 13.2. The number of nitrogens with zero attached hydrogens (tertiary/aromatic N) is 3. The third-order valence-corrected chi connectivity index (χ3v) is 2.80. The second-order valence-corrected chi connectivity index (χ2v) is 4.26. The SMILES string of the molecule is O=C(Nc1cc(C(F)(F)F)[nH]n1)c1ccn2cncc2c1. The average Bonchev–Trinajstić information content (AvgIpc) is 3.04. The van der Waals surface area contributed by atoms with Crippen molar-refractivity contribution in [1.82, 2.24) is 19.6 Å². The Kier molecular flexibility index (Phi) is 2.89. The number of halogens is 3. The number of rotatable bonds is 2.